The topological polar surface area (TPSA) is 40.1 Å². The summed E-state index contributed by atoms with van der Waals surface area (Å²) in [5, 5.41) is 10.7. The van der Waals surface area contributed by atoms with Crippen molar-refractivity contribution in [1.29, 1.82) is 0 Å². The number of hydrogen-bond acceptors (Lipinski definition) is 4. The van der Waals surface area contributed by atoms with Crippen molar-refractivity contribution >= 4 is 34.4 Å². The summed E-state index contributed by atoms with van der Waals surface area (Å²) in [6, 6.07) is 26.5. The minimum atomic E-state index is 0.0122. The molecule has 1 heterocycles. The predicted molar refractivity (Wildman–Crippen MR) is 132 cm³/mol. The van der Waals surface area contributed by atoms with Gasteiger partial charge in [0.25, 0.3) is 0 Å². The zero-order valence-electron chi connectivity index (χ0n) is 17.9. The van der Waals surface area contributed by atoms with Crippen LogP contribution in [0.1, 0.15) is 23.6 Å². The molecular weight excluding hydrogens is 404 g/mol. The van der Waals surface area contributed by atoms with Crippen LogP contribution in [0.15, 0.2) is 84.0 Å². The highest BCUT2D eigenvalue weighted by Gasteiger charge is 2.31. The van der Waals surface area contributed by atoms with E-state index in [4.69, 9.17) is 22.1 Å². The summed E-state index contributed by atoms with van der Waals surface area (Å²) in [6.07, 6.45) is 0.768. The summed E-state index contributed by atoms with van der Waals surface area (Å²) >= 11 is 5.76. The molecule has 0 amide bonds. The van der Waals surface area contributed by atoms with Crippen LogP contribution in [0, 0.1) is 0 Å². The molecule has 0 spiro atoms. The Morgan fingerprint density at radius 3 is 2.29 bits per heavy atom. The van der Waals surface area contributed by atoms with E-state index in [1.165, 1.54) is 0 Å². The molecule has 1 aliphatic rings. The standard InChI is InChI=1S/C25H26N4OS/c1-28(2)21-13-9-18(10-14-21)23-17-24(19-11-15-22(30-3)16-12-19)29(27-23)25(31)26-20-7-5-4-6-8-20/h4-16,24H,17H2,1-3H3,(H,26,31)/t24-/m0/s1. The molecular formula is C25H26N4OS. The van der Waals surface area contributed by atoms with Gasteiger partial charge in [0.05, 0.1) is 18.9 Å². The van der Waals surface area contributed by atoms with Crippen molar-refractivity contribution in [2.45, 2.75) is 12.5 Å². The van der Waals surface area contributed by atoms with Gasteiger partial charge in [-0.1, -0.05) is 42.5 Å². The highest BCUT2D eigenvalue weighted by atomic mass is 32.1. The van der Waals surface area contributed by atoms with E-state index in [1.807, 2.05) is 61.6 Å². The molecule has 0 aromatic heterocycles. The second-order valence-corrected chi connectivity index (χ2v) is 8.01. The normalized spacial score (nSPS) is 15.4. The number of nitrogens with one attached hydrogen (secondary N) is 1. The van der Waals surface area contributed by atoms with Crippen molar-refractivity contribution in [3.63, 3.8) is 0 Å². The average molecular weight is 431 g/mol. The van der Waals surface area contributed by atoms with Crippen LogP contribution in [0.4, 0.5) is 11.4 Å². The Hall–Kier alpha value is -3.38. The highest BCUT2D eigenvalue weighted by Crippen LogP contribution is 2.34. The highest BCUT2D eigenvalue weighted by molar-refractivity contribution is 7.80. The minimum Gasteiger partial charge on any atom is -0.497 e. The minimum absolute atomic E-state index is 0.0122. The van der Waals surface area contributed by atoms with E-state index in [9.17, 15) is 0 Å². The van der Waals surface area contributed by atoms with Crippen LogP contribution in [0.25, 0.3) is 0 Å². The third-order valence-corrected chi connectivity index (χ3v) is 5.65. The van der Waals surface area contributed by atoms with E-state index in [0.717, 1.165) is 40.4 Å². The maximum absolute atomic E-state index is 5.76. The molecule has 5 nitrogen and oxygen atoms in total. The van der Waals surface area contributed by atoms with Gasteiger partial charge >= 0.3 is 0 Å². The Bertz CT molecular complexity index is 1060. The first kappa shape index (κ1) is 20.9. The van der Waals surface area contributed by atoms with E-state index in [-0.39, 0.29) is 6.04 Å². The van der Waals surface area contributed by atoms with E-state index >= 15 is 0 Å². The van der Waals surface area contributed by atoms with Gasteiger partial charge in [0.2, 0.25) is 0 Å². The van der Waals surface area contributed by atoms with E-state index < -0.39 is 0 Å². The number of anilines is 2. The molecule has 6 heteroatoms. The zero-order chi connectivity index (χ0) is 21.8. The Morgan fingerprint density at radius 2 is 1.68 bits per heavy atom. The van der Waals surface area contributed by atoms with Crippen LogP contribution in [0.2, 0.25) is 0 Å². The molecule has 0 saturated carbocycles. The summed E-state index contributed by atoms with van der Waals surface area (Å²) in [6.45, 7) is 0. The fraction of sp³-hybridized carbons (Fsp3) is 0.200. The van der Waals surface area contributed by atoms with Crippen LogP contribution in [-0.2, 0) is 0 Å². The van der Waals surface area contributed by atoms with Gasteiger partial charge in [0.15, 0.2) is 5.11 Å². The van der Waals surface area contributed by atoms with Gasteiger partial charge in [-0.25, -0.2) is 5.01 Å². The first-order chi connectivity index (χ1) is 15.0. The monoisotopic (exact) mass is 430 g/mol. The Labute approximate surface area is 189 Å². The first-order valence-corrected chi connectivity index (χ1v) is 10.6. The molecule has 1 aliphatic heterocycles. The first-order valence-electron chi connectivity index (χ1n) is 10.2. The van der Waals surface area contributed by atoms with Gasteiger partial charge in [-0.2, -0.15) is 5.10 Å². The molecule has 31 heavy (non-hydrogen) atoms. The summed E-state index contributed by atoms with van der Waals surface area (Å²) in [5.41, 5.74) is 5.37. The van der Waals surface area contributed by atoms with Crippen LogP contribution in [0.3, 0.4) is 0 Å². The number of thiocarbonyl (C=S) groups is 1. The fourth-order valence-corrected chi connectivity index (χ4v) is 3.90. The largest absolute Gasteiger partial charge is 0.497 e. The third-order valence-electron chi connectivity index (χ3n) is 5.36. The fourth-order valence-electron chi connectivity index (χ4n) is 3.61. The van der Waals surface area contributed by atoms with Crippen LogP contribution >= 0.6 is 12.2 Å². The van der Waals surface area contributed by atoms with Gasteiger partial charge in [-0.05, 0) is 59.7 Å². The summed E-state index contributed by atoms with van der Waals surface area (Å²) < 4.78 is 5.32. The van der Waals surface area contributed by atoms with Gasteiger partial charge < -0.3 is 15.0 Å². The molecule has 4 rings (SSSR count). The van der Waals surface area contributed by atoms with E-state index in [1.54, 1.807) is 7.11 Å². The Morgan fingerprint density at radius 1 is 1.00 bits per heavy atom. The Kier molecular flexibility index (Phi) is 6.18. The number of ether oxygens (including phenoxy) is 1. The molecule has 1 N–H and O–H groups in total. The molecule has 0 radical (unpaired) electrons. The van der Waals surface area contributed by atoms with Crippen molar-refractivity contribution < 1.29 is 4.74 Å². The van der Waals surface area contributed by atoms with Gasteiger partial charge in [-0.3, -0.25) is 0 Å². The maximum Gasteiger partial charge on any atom is 0.194 e. The molecule has 0 bridgehead atoms. The molecule has 0 unspecified atom stereocenters. The average Bonchev–Trinajstić information content (AvgIpc) is 3.25. The lowest BCUT2D eigenvalue weighted by atomic mass is 9.98. The zero-order valence-corrected chi connectivity index (χ0v) is 18.8. The molecule has 158 valence electrons. The summed E-state index contributed by atoms with van der Waals surface area (Å²) in [5.74, 6) is 0.832. The summed E-state index contributed by atoms with van der Waals surface area (Å²) in [7, 11) is 5.75. The molecule has 3 aromatic rings. The smallest absolute Gasteiger partial charge is 0.194 e. The second kappa shape index (κ2) is 9.18. The second-order valence-electron chi connectivity index (χ2n) is 7.62. The number of methoxy groups -OCH3 is 1. The molecule has 0 saturated heterocycles. The third kappa shape index (κ3) is 4.70. The van der Waals surface area contributed by atoms with E-state index in [0.29, 0.717) is 5.11 Å². The van der Waals surface area contributed by atoms with Gasteiger partial charge in [-0.15, -0.1) is 0 Å². The van der Waals surface area contributed by atoms with Crippen molar-refractivity contribution in [2.75, 3.05) is 31.4 Å². The Balaban J connectivity index is 1.63. The molecule has 1 atom stereocenters. The summed E-state index contributed by atoms with van der Waals surface area (Å²) in [4.78, 5) is 2.09. The van der Waals surface area contributed by atoms with Crippen molar-refractivity contribution in [3.8, 4) is 5.75 Å². The number of hydrazone groups is 1. The van der Waals surface area contributed by atoms with Crippen LogP contribution < -0.4 is 15.0 Å². The molecule has 0 fully saturated rings. The number of para-hydroxylation sites is 1. The lowest BCUT2D eigenvalue weighted by Crippen LogP contribution is -2.31. The predicted octanol–water partition coefficient (Wildman–Crippen LogP) is 5.31. The van der Waals surface area contributed by atoms with E-state index in [2.05, 4.69) is 46.6 Å². The van der Waals surface area contributed by atoms with Gasteiger partial charge in [0, 0.05) is 31.9 Å². The van der Waals surface area contributed by atoms with Crippen LogP contribution in [0.5, 0.6) is 5.75 Å². The van der Waals surface area contributed by atoms with Crippen molar-refractivity contribution in [3.05, 3.63) is 90.0 Å². The quantitative estimate of drug-likeness (QED) is 0.556. The maximum atomic E-state index is 5.76. The van der Waals surface area contributed by atoms with Crippen molar-refractivity contribution in [1.82, 2.24) is 5.01 Å². The molecule has 0 aliphatic carbocycles. The lowest BCUT2D eigenvalue weighted by molar-refractivity contribution is 0.374. The van der Waals surface area contributed by atoms with Gasteiger partial charge in [0.1, 0.15) is 5.75 Å². The SMILES string of the molecule is COc1ccc([C@@H]2CC(c3ccc(N(C)C)cc3)=NN2C(=S)Nc2ccccc2)cc1. The number of nitrogens with zero attached hydrogens (tertiary/aromatic N) is 3. The molecule has 3 aromatic carbocycles. The van der Waals surface area contributed by atoms with Crippen LogP contribution in [-0.4, -0.2) is 37.0 Å². The number of benzene rings is 3. The number of hydrogen-bond donors (Lipinski definition) is 1. The number of rotatable bonds is 5. The lowest BCUT2D eigenvalue weighted by Gasteiger charge is -2.25. The van der Waals surface area contributed by atoms with Crippen molar-refractivity contribution in [2.24, 2.45) is 5.10 Å².